The molecule has 0 aromatic heterocycles. The zero-order valence-electron chi connectivity index (χ0n) is 12.8. The van der Waals surface area contributed by atoms with Crippen molar-refractivity contribution in [1.29, 1.82) is 0 Å². The molecule has 3 fully saturated rings. The second-order valence-electron chi connectivity index (χ2n) is 7.28. The monoisotopic (exact) mass is 269 g/mol. The van der Waals surface area contributed by atoms with E-state index in [2.05, 4.69) is 30.5 Å². The predicted octanol–water partition coefficient (Wildman–Crippen LogP) is 4.73. The van der Waals surface area contributed by atoms with E-state index < -0.39 is 0 Å². The van der Waals surface area contributed by atoms with Crippen molar-refractivity contribution in [1.82, 2.24) is 5.32 Å². The molecule has 2 atom stereocenters. The van der Waals surface area contributed by atoms with Gasteiger partial charge in [-0.3, -0.25) is 0 Å². The molecule has 0 aliphatic heterocycles. The van der Waals surface area contributed by atoms with Gasteiger partial charge in [-0.2, -0.15) is 0 Å². The van der Waals surface area contributed by atoms with Crippen molar-refractivity contribution in [2.24, 2.45) is 17.3 Å². The van der Waals surface area contributed by atoms with Gasteiger partial charge in [-0.15, -0.1) is 0 Å². The Morgan fingerprint density at radius 1 is 1.30 bits per heavy atom. The molecule has 20 heavy (non-hydrogen) atoms. The second-order valence-corrected chi connectivity index (χ2v) is 7.28. The Labute approximate surface area is 123 Å². The van der Waals surface area contributed by atoms with E-state index in [9.17, 15) is 0 Å². The average Bonchev–Trinajstić information content (AvgIpc) is 3.23. The van der Waals surface area contributed by atoms with Crippen molar-refractivity contribution in [3.05, 3.63) is 35.1 Å². The Bertz CT molecular complexity index is 486. The normalized spacial score (nSPS) is 34.8. The molecule has 1 heteroatoms. The van der Waals surface area contributed by atoms with Gasteiger partial charge in [0, 0.05) is 12.2 Å². The Morgan fingerprint density at radius 2 is 2.15 bits per heavy atom. The maximum Gasteiger partial charge on any atom is 0.0402 e. The second kappa shape index (κ2) is 4.79. The number of rotatable bonds is 5. The summed E-state index contributed by atoms with van der Waals surface area (Å²) in [5.74, 6) is 1.99. The van der Waals surface area contributed by atoms with Gasteiger partial charge in [0.2, 0.25) is 0 Å². The van der Waals surface area contributed by atoms with Crippen LogP contribution in [0.4, 0.5) is 0 Å². The summed E-state index contributed by atoms with van der Waals surface area (Å²) in [6, 6.07) is 0. The van der Waals surface area contributed by atoms with Crippen LogP contribution < -0.4 is 5.32 Å². The minimum Gasteiger partial charge on any atom is -0.385 e. The molecule has 4 rings (SSSR count). The predicted molar refractivity (Wildman–Crippen MR) is 84.3 cm³/mol. The van der Waals surface area contributed by atoms with E-state index in [4.69, 9.17) is 0 Å². The number of hydrogen-bond donors (Lipinski definition) is 1. The van der Waals surface area contributed by atoms with Crippen LogP contribution in [0.25, 0.3) is 0 Å². The van der Waals surface area contributed by atoms with Crippen LogP contribution in [0.15, 0.2) is 35.1 Å². The molecular weight excluding hydrogens is 242 g/mol. The van der Waals surface area contributed by atoms with Gasteiger partial charge in [0.05, 0.1) is 0 Å². The molecule has 0 amide bonds. The van der Waals surface area contributed by atoms with Crippen molar-refractivity contribution in [2.75, 3.05) is 6.54 Å². The summed E-state index contributed by atoms with van der Waals surface area (Å²) in [6.07, 6.45) is 18.6. The molecule has 108 valence electrons. The first-order valence-electron chi connectivity index (χ1n) is 8.69. The first kappa shape index (κ1) is 12.7. The SMILES string of the molecule is CCCNC(C1=CC[C@H]2CC2(C2CC2)C=C1)=C1CCC1. The fourth-order valence-electron chi connectivity index (χ4n) is 4.18. The molecule has 3 saturated carbocycles. The third-order valence-corrected chi connectivity index (χ3v) is 5.88. The maximum atomic E-state index is 3.72. The first-order chi connectivity index (χ1) is 9.83. The van der Waals surface area contributed by atoms with Gasteiger partial charge in [-0.05, 0) is 79.8 Å². The highest BCUT2D eigenvalue weighted by Crippen LogP contribution is 2.68. The van der Waals surface area contributed by atoms with Crippen molar-refractivity contribution in [3.63, 3.8) is 0 Å². The summed E-state index contributed by atoms with van der Waals surface area (Å²) < 4.78 is 0. The summed E-state index contributed by atoms with van der Waals surface area (Å²) in [4.78, 5) is 0. The molecule has 4 aliphatic rings. The fourth-order valence-corrected chi connectivity index (χ4v) is 4.18. The lowest BCUT2D eigenvalue weighted by atomic mass is 9.87. The van der Waals surface area contributed by atoms with E-state index in [1.165, 1.54) is 62.6 Å². The Morgan fingerprint density at radius 3 is 2.80 bits per heavy atom. The third-order valence-electron chi connectivity index (χ3n) is 5.88. The van der Waals surface area contributed by atoms with Gasteiger partial charge >= 0.3 is 0 Å². The number of fused-ring (bicyclic) bond motifs is 1. The van der Waals surface area contributed by atoms with Crippen LogP contribution in [-0.2, 0) is 0 Å². The third kappa shape index (κ3) is 2.06. The highest BCUT2D eigenvalue weighted by atomic mass is 14.9. The van der Waals surface area contributed by atoms with Gasteiger partial charge in [0.15, 0.2) is 0 Å². The van der Waals surface area contributed by atoms with Gasteiger partial charge in [-0.1, -0.05) is 25.2 Å². The van der Waals surface area contributed by atoms with E-state index in [0.717, 1.165) is 18.4 Å². The maximum absolute atomic E-state index is 3.72. The molecule has 0 aromatic rings. The summed E-state index contributed by atoms with van der Waals surface area (Å²) in [7, 11) is 0. The minimum atomic E-state index is 0.623. The van der Waals surface area contributed by atoms with E-state index in [-0.39, 0.29) is 0 Å². The average molecular weight is 269 g/mol. The number of allylic oxidation sites excluding steroid dienone is 4. The molecule has 0 radical (unpaired) electrons. The number of nitrogens with one attached hydrogen (secondary N) is 1. The molecule has 4 aliphatic carbocycles. The van der Waals surface area contributed by atoms with Crippen molar-refractivity contribution < 1.29 is 0 Å². The standard InChI is InChI=1S/C19H27N/c1-2-12-20-18(14-4-3-5-14)15-6-7-17-13-19(17,11-10-15)16-8-9-16/h6,10-11,16-17,20H,2-5,7-9,12-13H2,1H3/t17-,19?/m0/s1. The lowest BCUT2D eigenvalue weighted by Gasteiger charge is -2.24. The molecule has 0 spiro atoms. The zero-order valence-corrected chi connectivity index (χ0v) is 12.8. The zero-order chi connectivity index (χ0) is 13.6. The fraction of sp³-hybridized carbons (Fsp3) is 0.684. The summed E-state index contributed by atoms with van der Waals surface area (Å²) in [5.41, 5.74) is 5.28. The van der Waals surface area contributed by atoms with Gasteiger partial charge in [0.1, 0.15) is 0 Å². The molecular formula is C19H27N. The first-order valence-corrected chi connectivity index (χ1v) is 8.69. The summed E-state index contributed by atoms with van der Waals surface area (Å²) in [6.45, 7) is 3.37. The van der Waals surface area contributed by atoms with Crippen LogP contribution in [0, 0.1) is 17.3 Å². The molecule has 1 nitrogen and oxygen atoms in total. The van der Waals surface area contributed by atoms with Crippen molar-refractivity contribution in [3.8, 4) is 0 Å². The van der Waals surface area contributed by atoms with E-state index in [0.29, 0.717) is 5.41 Å². The summed E-state index contributed by atoms with van der Waals surface area (Å²) in [5, 5.41) is 3.72. The van der Waals surface area contributed by atoms with Crippen LogP contribution in [0.1, 0.15) is 58.3 Å². The minimum absolute atomic E-state index is 0.623. The lowest BCUT2D eigenvalue weighted by Crippen LogP contribution is -2.20. The molecule has 0 saturated heterocycles. The largest absolute Gasteiger partial charge is 0.385 e. The molecule has 0 aromatic carbocycles. The van der Waals surface area contributed by atoms with Crippen LogP contribution in [0.2, 0.25) is 0 Å². The molecule has 0 heterocycles. The van der Waals surface area contributed by atoms with Crippen LogP contribution in [-0.4, -0.2) is 6.54 Å². The Kier molecular flexibility index (Phi) is 3.05. The lowest BCUT2D eigenvalue weighted by molar-refractivity contribution is 0.498. The van der Waals surface area contributed by atoms with Crippen LogP contribution in [0.3, 0.4) is 0 Å². The van der Waals surface area contributed by atoms with Crippen molar-refractivity contribution in [2.45, 2.75) is 58.3 Å². The molecule has 0 bridgehead atoms. The molecule has 1 N–H and O–H groups in total. The highest BCUT2D eigenvalue weighted by molar-refractivity contribution is 5.46. The van der Waals surface area contributed by atoms with Crippen LogP contribution >= 0.6 is 0 Å². The van der Waals surface area contributed by atoms with Gasteiger partial charge in [0.25, 0.3) is 0 Å². The van der Waals surface area contributed by atoms with E-state index >= 15 is 0 Å². The smallest absolute Gasteiger partial charge is 0.0402 e. The molecule has 1 unspecified atom stereocenters. The summed E-state index contributed by atoms with van der Waals surface area (Å²) >= 11 is 0. The van der Waals surface area contributed by atoms with E-state index in [1.54, 1.807) is 5.57 Å². The van der Waals surface area contributed by atoms with E-state index in [1.807, 2.05) is 0 Å². The van der Waals surface area contributed by atoms with Gasteiger partial charge in [-0.25, -0.2) is 0 Å². The Hall–Kier alpha value is -0.980. The van der Waals surface area contributed by atoms with Gasteiger partial charge < -0.3 is 5.32 Å². The Balaban J connectivity index is 1.56. The quantitative estimate of drug-likeness (QED) is 0.761. The highest BCUT2D eigenvalue weighted by Gasteiger charge is 2.59. The topological polar surface area (TPSA) is 12.0 Å². The van der Waals surface area contributed by atoms with Crippen molar-refractivity contribution >= 4 is 0 Å². The number of hydrogen-bond acceptors (Lipinski definition) is 1. The van der Waals surface area contributed by atoms with Crippen LogP contribution in [0.5, 0.6) is 0 Å².